The van der Waals surface area contributed by atoms with Gasteiger partial charge in [-0.05, 0) is 63.6 Å². The standard InChI is InChI=1S/C24H28N4O2/c1-16(2)26-24(30)27-20-12-10-19(11-13-20)15-25-23(29)22-14-17(3)28(18(22)4)21-8-6-5-7-9-21/h5-14,16H,15H2,1-4H3,(H,25,29)(H2,26,27,30). The fourth-order valence-electron chi connectivity index (χ4n) is 3.38. The van der Waals surface area contributed by atoms with Gasteiger partial charge < -0.3 is 20.5 Å². The third kappa shape index (κ3) is 5.08. The fraction of sp³-hybridized carbons (Fsp3) is 0.250. The summed E-state index contributed by atoms with van der Waals surface area (Å²) in [5, 5.41) is 8.54. The lowest BCUT2D eigenvalue weighted by atomic mass is 10.2. The topological polar surface area (TPSA) is 75.2 Å². The molecule has 3 rings (SSSR count). The number of nitrogens with one attached hydrogen (secondary N) is 3. The Balaban J connectivity index is 1.63. The molecular weight excluding hydrogens is 376 g/mol. The number of para-hydroxylation sites is 1. The number of urea groups is 1. The van der Waals surface area contributed by atoms with Gasteiger partial charge in [-0.25, -0.2) is 4.79 Å². The summed E-state index contributed by atoms with van der Waals surface area (Å²) in [7, 11) is 0. The predicted octanol–water partition coefficient (Wildman–Crippen LogP) is 4.55. The van der Waals surface area contributed by atoms with E-state index in [1.54, 1.807) is 0 Å². The van der Waals surface area contributed by atoms with E-state index in [0.29, 0.717) is 17.8 Å². The van der Waals surface area contributed by atoms with Crippen molar-refractivity contribution in [3.8, 4) is 5.69 Å². The van der Waals surface area contributed by atoms with E-state index in [-0.39, 0.29) is 18.0 Å². The van der Waals surface area contributed by atoms with Crippen LogP contribution in [0.3, 0.4) is 0 Å². The van der Waals surface area contributed by atoms with Crippen molar-refractivity contribution >= 4 is 17.6 Å². The van der Waals surface area contributed by atoms with Gasteiger partial charge in [0, 0.05) is 35.3 Å². The second-order valence-corrected chi connectivity index (χ2v) is 7.59. The molecule has 1 heterocycles. The number of carbonyl (C=O) groups is 2. The summed E-state index contributed by atoms with van der Waals surface area (Å²) in [6.07, 6.45) is 0. The van der Waals surface area contributed by atoms with Gasteiger partial charge in [-0.15, -0.1) is 0 Å². The Hall–Kier alpha value is -3.54. The van der Waals surface area contributed by atoms with E-state index in [1.165, 1.54) is 0 Å². The van der Waals surface area contributed by atoms with E-state index in [9.17, 15) is 9.59 Å². The van der Waals surface area contributed by atoms with Crippen molar-refractivity contribution < 1.29 is 9.59 Å². The summed E-state index contributed by atoms with van der Waals surface area (Å²) < 4.78 is 2.08. The average Bonchev–Trinajstić information content (AvgIpc) is 3.01. The Kier molecular flexibility index (Phi) is 6.57. The zero-order valence-corrected chi connectivity index (χ0v) is 17.8. The summed E-state index contributed by atoms with van der Waals surface area (Å²) in [5.74, 6) is -0.108. The lowest BCUT2D eigenvalue weighted by Gasteiger charge is -2.11. The summed E-state index contributed by atoms with van der Waals surface area (Å²) in [6, 6.07) is 19.2. The third-order valence-corrected chi connectivity index (χ3v) is 4.77. The molecule has 0 atom stereocenters. The van der Waals surface area contributed by atoms with Crippen LogP contribution in [-0.2, 0) is 6.54 Å². The molecule has 0 aliphatic heterocycles. The van der Waals surface area contributed by atoms with Crippen molar-refractivity contribution in [2.75, 3.05) is 5.32 Å². The number of rotatable bonds is 6. The SMILES string of the molecule is Cc1cc(C(=O)NCc2ccc(NC(=O)NC(C)C)cc2)c(C)n1-c1ccccc1. The van der Waals surface area contributed by atoms with Crippen LogP contribution in [0.2, 0.25) is 0 Å². The maximum absolute atomic E-state index is 12.8. The number of aryl methyl sites for hydroxylation is 1. The maximum Gasteiger partial charge on any atom is 0.319 e. The van der Waals surface area contributed by atoms with Crippen molar-refractivity contribution in [1.29, 1.82) is 0 Å². The summed E-state index contributed by atoms with van der Waals surface area (Å²) >= 11 is 0. The minimum Gasteiger partial charge on any atom is -0.348 e. The number of amides is 3. The van der Waals surface area contributed by atoms with Gasteiger partial charge >= 0.3 is 6.03 Å². The van der Waals surface area contributed by atoms with Gasteiger partial charge in [0.15, 0.2) is 0 Å². The number of benzene rings is 2. The highest BCUT2D eigenvalue weighted by Crippen LogP contribution is 2.20. The van der Waals surface area contributed by atoms with Gasteiger partial charge in [0.05, 0.1) is 5.56 Å². The Bertz CT molecular complexity index is 1020. The van der Waals surface area contributed by atoms with Crippen LogP contribution in [0, 0.1) is 13.8 Å². The second kappa shape index (κ2) is 9.31. The van der Waals surface area contributed by atoms with Crippen molar-refractivity contribution in [2.45, 2.75) is 40.3 Å². The van der Waals surface area contributed by atoms with Crippen LogP contribution in [-0.4, -0.2) is 22.5 Å². The van der Waals surface area contributed by atoms with Crippen LogP contribution < -0.4 is 16.0 Å². The molecule has 1 aromatic heterocycles. The number of hydrogen-bond donors (Lipinski definition) is 3. The van der Waals surface area contributed by atoms with E-state index < -0.39 is 0 Å². The average molecular weight is 405 g/mol. The van der Waals surface area contributed by atoms with Gasteiger partial charge in [0.1, 0.15) is 0 Å². The molecule has 156 valence electrons. The first-order valence-corrected chi connectivity index (χ1v) is 10.0. The molecule has 6 nitrogen and oxygen atoms in total. The minimum absolute atomic E-state index is 0.0725. The molecule has 30 heavy (non-hydrogen) atoms. The molecule has 2 aromatic carbocycles. The molecule has 0 aliphatic carbocycles. The lowest BCUT2D eigenvalue weighted by Crippen LogP contribution is -2.34. The fourth-order valence-corrected chi connectivity index (χ4v) is 3.38. The van der Waals surface area contributed by atoms with Gasteiger partial charge in [0.25, 0.3) is 5.91 Å². The first kappa shape index (κ1) is 21.2. The van der Waals surface area contributed by atoms with E-state index >= 15 is 0 Å². The Morgan fingerprint density at radius 3 is 2.27 bits per heavy atom. The molecule has 0 aliphatic rings. The monoisotopic (exact) mass is 404 g/mol. The van der Waals surface area contributed by atoms with Crippen molar-refractivity contribution in [3.05, 3.63) is 83.2 Å². The predicted molar refractivity (Wildman–Crippen MR) is 120 cm³/mol. The minimum atomic E-state index is -0.236. The number of nitrogens with zero attached hydrogens (tertiary/aromatic N) is 1. The van der Waals surface area contributed by atoms with Crippen molar-refractivity contribution in [1.82, 2.24) is 15.2 Å². The molecule has 0 unspecified atom stereocenters. The highest BCUT2D eigenvalue weighted by Gasteiger charge is 2.16. The van der Waals surface area contributed by atoms with Crippen LogP contribution >= 0.6 is 0 Å². The van der Waals surface area contributed by atoms with Gasteiger partial charge in [-0.3, -0.25) is 4.79 Å². The molecule has 0 spiro atoms. The van der Waals surface area contributed by atoms with E-state index in [1.807, 2.05) is 88.4 Å². The molecule has 0 fully saturated rings. The van der Waals surface area contributed by atoms with Crippen LogP contribution in [0.4, 0.5) is 10.5 Å². The molecule has 0 radical (unpaired) electrons. The quantitative estimate of drug-likeness (QED) is 0.564. The van der Waals surface area contributed by atoms with Crippen molar-refractivity contribution in [2.24, 2.45) is 0 Å². The lowest BCUT2D eigenvalue weighted by molar-refractivity contribution is 0.0950. The molecule has 3 amide bonds. The van der Waals surface area contributed by atoms with Gasteiger partial charge in [0.2, 0.25) is 0 Å². The summed E-state index contributed by atoms with van der Waals surface area (Å²) in [6.45, 7) is 8.17. The Morgan fingerprint density at radius 1 is 0.967 bits per heavy atom. The number of carbonyl (C=O) groups excluding carboxylic acids is 2. The van der Waals surface area contributed by atoms with Gasteiger partial charge in [-0.1, -0.05) is 30.3 Å². The van der Waals surface area contributed by atoms with E-state index in [4.69, 9.17) is 0 Å². The molecule has 3 aromatic rings. The van der Waals surface area contributed by atoms with Crippen LogP contribution in [0.5, 0.6) is 0 Å². The van der Waals surface area contributed by atoms with E-state index in [2.05, 4.69) is 20.5 Å². The molecule has 0 saturated carbocycles. The summed E-state index contributed by atoms with van der Waals surface area (Å²) in [4.78, 5) is 24.5. The maximum atomic E-state index is 12.8. The molecule has 0 saturated heterocycles. The van der Waals surface area contributed by atoms with Crippen LogP contribution in [0.15, 0.2) is 60.7 Å². The molecular formula is C24H28N4O2. The zero-order valence-electron chi connectivity index (χ0n) is 17.8. The summed E-state index contributed by atoms with van der Waals surface area (Å²) in [5.41, 5.74) is 5.28. The number of hydrogen-bond acceptors (Lipinski definition) is 2. The van der Waals surface area contributed by atoms with Crippen molar-refractivity contribution in [3.63, 3.8) is 0 Å². The first-order valence-electron chi connectivity index (χ1n) is 10.0. The van der Waals surface area contributed by atoms with Crippen LogP contribution in [0.25, 0.3) is 5.69 Å². The Labute approximate surface area is 177 Å². The zero-order chi connectivity index (χ0) is 21.7. The molecule has 6 heteroatoms. The first-order chi connectivity index (χ1) is 14.3. The Morgan fingerprint density at radius 2 is 1.63 bits per heavy atom. The van der Waals surface area contributed by atoms with Crippen LogP contribution in [0.1, 0.15) is 41.2 Å². The second-order valence-electron chi connectivity index (χ2n) is 7.59. The highest BCUT2D eigenvalue weighted by atomic mass is 16.2. The molecule has 3 N–H and O–H groups in total. The van der Waals surface area contributed by atoms with E-state index in [0.717, 1.165) is 22.6 Å². The number of aromatic nitrogens is 1. The number of anilines is 1. The molecule has 0 bridgehead atoms. The normalized spacial score (nSPS) is 10.7. The largest absolute Gasteiger partial charge is 0.348 e. The third-order valence-electron chi connectivity index (χ3n) is 4.77. The highest BCUT2D eigenvalue weighted by molar-refractivity contribution is 5.96. The van der Waals surface area contributed by atoms with Gasteiger partial charge in [-0.2, -0.15) is 0 Å². The smallest absolute Gasteiger partial charge is 0.319 e.